The first kappa shape index (κ1) is 15.6. The lowest BCUT2D eigenvalue weighted by Crippen LogP contribution is -2.14. The monoisotopic (exact) mass is 309 g/mol. The second kappa shape index (κ2) is 6.33. The fraction of sp³-hybridized carbons (Fsp3) is 0.250. The zero-order valence-electron chi connectivity index (χ0n) is 12.1. The van der Waals surface area contributed by atoms with Crippen molar-refractivity contribution in [2.75, 3.05) is 14.2 Å². The molecular weight excluding hydrogens is 293 g/mol. The molecule has 1 atom stereocenters. The van der Waals surface area contributed by atoms with Crippen LogP contribution in [-0.2, 0) is 0 Å². The van der Waals surface area contributed by atoms with Crippen LogP contribution in [0.15, 0.2) is 30.3 Å². The van der Waals surface area contributed by atoms with Gasteiger partial charge in [-0.25, -0.2) is 4.39 Å². The molecule has 0 radical (unpaired) electrons. The Labute approximate surface area is 128 Å². The normalized spacial score (nSPS) is 12.1. The Morgan fingerprint density at radius 2 is 1.71 bits per heavy atom. The molecule has 0 saturated carbocycles. The molecule has 2 aromatic carbocycles. The van der Waals surface area contributed by atoms with Crippen LogP contribution in [0.4, 0.5) is 4.39 Å². The Kier molecular flexibility index (Phi) is 4.70. The fourth-order valence-corrected chi connectivity index (χ4v) is 2.27. The highest BCUT2D eigenvalue weighted by Gasteiger charge is 2.18. The van der Waals surface area contributed by atoms with Crippen molar-refractivity contribution in [3.8, 4) is 11.5 Å². The van der Waals surface area contributed by atoms with Gasteiger partial charge < -0.3 is 15.2 Å². The SMILES string of the molecule is COc1cc(F)c(C(N)c2ccc(Cl)c(C)c2)cc1OC. The first-order chi connectivity index (χ1) is 9.97. The maximum atomic E-state index is 14.2. The van der Waals surface area contributed by atoms with Crippen LogP contribution in [0.5, 0.6) is 11.5 Å². The number of benzene rings is 2. The molecule has 2 rings (SSSR count). The van der Waals surface area contributed by atoms with Crippen molar-refractivity contribution in [1.29, 1.82) is 0 Å². The van der Waals surface area contributed by atoms with Gasteiger partial charge in [0.05, 0.1) is 20.3 Å². The van der Waals surface area contributed by atoms with E-state index in [0.29, 0.717) is 22.1 Å². The zero-order valence-corrected chi connectivity index (χ0v) is 12.9. The van der Waals surface area contributed by atoms with E-state index in [1.807, 2.05) is 13.0 Å². The van der Waals surface area contributed by atoms with E-state index in [4.69, 9.17) is 26.8 Å². The van der Waals surface area contributed by atoms with Gasteiger partial charge in [0.2, 0.25) is 0 Å². The minimum atomic E-state index is -0.610. The van der Waals surface area contributed by atoms with Gasteiger partial charge in [0.25, 0.3) is 0 Å². The summed E-state index contributed by atoms with van der Waals surface area (Å²) in [5.41, 5.74) is 8.19. The maximum Gasteiger partial charge on any atom is 0.163 e. The third kappa shape index (κ3) is 3.12. The van der Waals surface area contributed by atoms with Gasteiger partial charge in [0, 0.05) is 16.7 Å². The number of nitrogens with two attached hydrogens (primary N) is 1. The van der Waals surface area contributed by atoms with Crippen LogP contribution in [-0.4, -0.2) is 14.2 Å². The molecule has 0 aliphatic carbocycles. The van der Waals surface area contributed by atoms with Crippen LogP contribution >= 0.6 is 11.6 Å². The number of ether oxygens (including phenoxy) is 2. The Balaban J connectivity index is 2.47. The quantitative estimate of drug-likeness (QED) is 0.933. The lowest BCUT2D eigenvalue weighted by Gasteiger charge is -2.17. The summed E-state index contributed by atoms with van der Waals surface area (Å²) in [6.45, 7) is 1.88. The second-order valence-corrected chi connectivity index (χ2v) is 5.12. The molecule has 0 spiro atoms. The molecule has 2 N–H and O–H groups in total. The average molecular weight is 310 g/mol. The predicted octanol–water partition coefficient (Wildman–Crippen LogP) is 3.85. The van der Waals surface area contributed by atoms with Gasteiger partial charge in [-0.2, -0.15) is 0 Å². The van der Waals surface area contributed by atoms with E-state index < -0.39 is 11.9 Å². The number of methoxy groups -OCH3 is 2. The molecule has 2 aromatic rings. The highest BCUT2D eigenvalue weighted by molar-refractivity contribution is 6.31. The molecule has 3 nitrogen and oxygen atoms in total. The van der Waals surface area contributed by atoms with Crippen molar-refractivity contribution < 1.29 is 13.9 Å². The van der Waals surface area contributed by atoms with Gasteiger partial charge in [-0.15, -0.1) is 0 Å². The van der Waals surface area contributed by atoms with E-state index >= 15 is 0 Å². The Morgan fingerprint density at radius 3 is 2.29 bits per heavy atom. The molecule has 21 heavy (non-hydrogen) atoms. The van der Waals surface area contributed by atoms with E-state index in [9.17, 15) is 4.39 Å². The van der Waals surface area contributed by atoms with E-state index in [1.54, 1.807) is 18.2 Å². The van der Waals surface area contributed by atoms with Gasteiger partial charge in [0.15, 0.2) is 11.5 Å². The summed E-state index contributed by atoms with van der Waals surface area (Å²) >= 11 is 6.00. The number of hydrogen-bond acceptors (Lipinski definition) is 3. The van der Waals surface area contributed by atoms with Crippen LogP contribution in [0.3, 0.4) is 0 Å². The van der Waals surface area contributed by atoms with Crippen molar-refractivity contribution in [2.24, 2.45) is 5.73 Å². The van der Waals surface area contributed by atoms with Gasteiger partial charge in [-0.05, 0) is 30.2 Å². The third-order valence-electron chi connectivity index (χ3n) is 3.38. The van der Waals surface area contributed by atoms with Gasteiger partial charge in [-0.1, -0.05) is 23.7 Å². The van der Waals surface area contributed by atoms with E-state index in [0.717, 1.165) is 11.1 Å². The smallest absolute Gasteiger partial charge is 0.163 e. The maximum absolute atomic E-state index is 14.2. The first-order valence-electron chi connectivity index (χ1n) is 6.41. The van der Waals surface area contributed by atoms with Crippen molar-refractivity contribution in [2.45, 2.75) is 13.0 Å². The van der Waals surface area contributed by atoms with Crippen LogP contribution in [0.2, 0.25) is 5.02 Å². The van der Waals surface area contributed by atoms with Gasteiger partial charge in [0.1, 0.15) is 5.82 Å². The zero-order chi connectivity index (χ0) is 15.6. The lowest BCUT2D eigenvalue weighted by atomic mass is 9.97. The topological polar surface area (TPSA) is 44.5 Å². The Morgan fingerprint density at radius 1 is 1.10 bits per heavy atom. The van der Waals surface area contributed by atoms with Gasteiger partial charge >= 0.3 is 0 Å². The minimum absolute atomic E-state index is 0.332. The molecule has 0 amide bonds. The number of hydrogen-bond donors (Lipinski definition) is 1. The van der Waals surface area contributed by atoms with E-state index in [-0.39, 0.29) is 0 Å². The second-order valence-electron chi connectivity index (χ2n) is 4.71. The summed E-state index contributed by atoms with van der Waals surface area (Å²) in [4.78, 5) is 0. The largest absolute Gasteiger partial charge is 0.493 e. The number of aryl methyl sites for hydroxylation is 1. The third-order valence-corrected chi connectivity index (χ3v) is 3.80. The van der Waals surface area contributed by atoms with Crippen molar-refractivity contribution in [3.63, 3.8) is 0 Å². The molecular formula is C16H17ClFNO2. The van der Waals surface area contributed by atoms with Crippen LogP contribution in [0.1, 0.15) is 22.7 Å². The minimum Gasteiger partial charge on any atom is -0.493 e. The summed E-state index contributed by atoms with van der Waals surface area (Å²) in [5, 5.41) is 0.652. The van der Waals surface area contributed by atoms with Crippen molar-refractivity contribution >= 4 is 11.6 Å². The number of rotatable bonds is 4. The molecule has 1 unspecified atom stereocenters. The van der Waals surface area contributed by atoms with E-state index in [2.05, 4.69) is 0 Å². The van der Waals surface area contributed by atoms with E-state index in [1.165, 1.54) is 20.3 Å². The molecule has 0 aromatic heterocycles. The Bertz CT molecular complexity index is 661. The number of halogens is 2. The van der Waals surface area contributed by atoms with Crippen LogP contribution < -0.4 is 15.2 Å². The Hall–Kier alpha value is -1.78. The molecule has 0 aliphatic heterocycles. The first-order valence-corrected chi connectivity index (χ1v) is 6.78. The predicted molar refractivity (Wildman–Crippen MR) is 81.7 cm³/mol. The summed E-state index contributed by atoms with van der Waals surface area (Å²) in [6.07, 6.45) is 0. The highest BCUT2D eigenvalue weighted by Crippen LogP contribution is 2.34. The summed E-state index contributed by atoms with van der Waals surface area (Å²) in [5.74, 6) is 0.334. The molecule has 5 heteroatoms. The molecule has 0 bridgehead atoms. The lowest BCUT2D eigenvalue weighted by molar-refractivity contribution is 0.351. The van der Waals surface area contributed by atoms with Crippen molar-refractivity contribution in [3.05, 3.63) is 57.9 Å². The average Bonchev–Trinajstić information content (AvgIpc) is 2.49. The van der Waals surface area contributed by atoms with Crippen molar-refractivity contribution in [1.82, 2.24) is 0 Å². The molecule has 0 fully saturated rings. The molecule has 112 valence electrons. The molecule has 0 aliphatic rings. The highest BCUT2D eigenvalue weighted by atomic mass is 35.5. The summed E-state index contributed by atoms with van der Waals surface area (Å²) in [6, 6.07) is 7.62. The van der Waals surface area contributed by atoms with Crippen LogP contribution in [0.25, 0.3) is 0 Å². The molecule has 0 saturated heterocycles. The summed E-state index contributed by atoms with van der Waals surface area (Å²) < 4.78 is 24.5. The standard InChI is InChI=1S/C16H17ClFNO2/c1-9-6-10(4-5-12(9)17)16(19)11-7-14(20-2)15(21-3)8-13(11)18/h4-8,16H,19H2,1-3H3. The van der Waals surface area contributed by atoms with Gasteiger partial charge in [-0.3, -0.25) is 0 Å². The van der Waals surface area contributed by atoms with Crippen LogP contribution in [0, 0.1) is 12.7 Å². The molecule has 0 heterocycles. The fourth-order valence-electron chi connectivity index (χ4n) is 2.15. The summed E-state index contributed by atoms with van der Waals surface area (Å²) in [7, 11) is 2.96.